The van der Waals surface area contributed by atoms with Gasteiger partial charge in [0.05, 0.1) is 41.5 Å². The van der Waals surface area contributed by atoms with Crippen LogP contribution < -0.4 is 21.3 Å². The van der Waals surface area contributed by atoms with Crippen molar-refractivity contribution >= 4 is 143 Å². The lowest BCUT2D eigenvalue weighted by molar-refractivity contribution is -0.160. The zero-order valence-corrected chi connectivity index (χ0v) is 85.9. The highest BCUT2D eigenvalue weighted by Gasteiger charge is 2.30. The zero-order chi connectivity index (χ0) is 111. The van der Waals surface area contributed by atoms with E-state index in [2.05, 4.69) is 40.2 Å². The van der Waals surface area contributed by atoms with Gasteiger partial charge in [0.25, 0.3) is 0 Å². The van der Waals surface area contributed by atoms with E-state index in [1.807, 2.05) is 0 Å². The van der Waals surface area contributed by atoms with Crippen molar-refractivity contribution in [1.29, 1.82) is 0 Å². The number of carboxylic acids is 4. The topological polar surface area (TPSA) is 638 Å². The fourth-order valence-corrected chi connectivity index (χ4v) is 14.7. The maximum atomic E-state index is 11.8. The minimum Gasteiger partial charge on any atom is -0.478 e. The van der Waals surface area contributed by atoms with Gasteiger partial charge in [-0.1, -0.05) is 51.4 Å². The van der Waals surface area contributed by atoms with Gasteiger partial charge in [-0.3, -0.25) is 57.5 Å². The summed E-state index contributed by atoms with van der Waals surface area (Å²) in [7, 11) is 4.93. The second-order valence-corrected chi connectivity index (χ2v) is 33.8. The van der Waals surface area contributed by atoms with Crippen LogP contribution in [0.1, 0.15) is 233 Å². The quantitative estimate of drug-likeness (QED) is 0.0241. The van der Waals surface area contributed by atoms with Gasteiger partial charge in [0.1, 0.15) is 25.5 Å². The summed E-state index contributed by atoms with van der Waals surface area (Å²) in [6.45, 7) is 14.8. The molecule has 4 unspecified atom stereocenters. The van der Waals surface area contributed by atoms with E-state index in [1.54, 1.807) is 62.0 Å². The Kier molecular flexibility index (Phi) is 70.5. The number of nitrogens with one attached hydrogen (secondary N) is 4. The van der Waals surface area contributed by atoms with Crippen molar-refractivity contribution in [2.75, 3.05) is 133 Å². The first-order valence-corrected chi connectivity index (χ1v) is 49.4. The molecule has 8 aliphatic rings. The molecular weight excluding hydrogens is 1950 g/mol. The Balaban J connectivity index is 0.000000846. The first-order valence-electron chi connectivity index (χ1n) is 49.4. The Morgan fingerprint density at radius 3 is 0.750 bits per heavy atom. The number of likely N-dealkylation sites (tertiary alicyclic amines) is 8. The molecule has 12 amide bonds. The van der Waals surface area contributed by atoms with Crippen LogP contribution in [0, 0.1) is 0 Å². The minimum atomic E-state index is -1.22. The van der Waals surface area contributed by atoms with Gasteiger partial charge in [-0.05, 0) is 130 Å². The van der Waals surface area contributed by atoms with E-state index in [4.69, 9.17) is 39.4 Å². The van der Waals surface area contributed by atoms with Crippen molar-refractivity contribution < 1.29 is 173 Å². The Labute approximate surface area is 861 Å². The average molecular weight is 2090 g/mol. The number of hydrogen-bond donors (Lipinski definition) is 8. The fourth-order valence-electron chi connectivity index (χ4n) is 14.7. The number of esters is 8. The van der Waals surface area contributed by atoms with Gasteiger partial charge in [-0.15, -0.1) is 0 Å². The third-order valence-electron chi connectivity index (χ3n) is 22.5. The van der Waals surface area contributed by atoms with Crippen molar-refractivity contribution in [2.45, 2.75) is 258 Å². The second kappa shape index (κ2) is 79.5. The normalized spacial score (nSPS) is 17.4. The van der Waals surface area contributed by atoms with Crippen molar-refractivity contribution in [3.8, 4) is 0 Å². The fraction of sp³-hybridized carbons (Fsp3) is 0.600. The van der Waals surface area contributed by atoms with E-state index < -0.39 is 108 Å². The second-order valence-electron chi connectivity index (χ2n) is 33.8. The molecule has 0 aliphatic carbocycles. The molecule has 0 aromatic rings. The van der Waals surface area contributed by atoms with Crippen LogP contribution in [-0.2, 0) is 153 Å². The average Bonchev–Trinajstić information content (AvgIpc) is 1.78. The summed E-state index contributed by atoms with van der Waals surface area (Å²) in [6, 6.07) is 0. The minimum absolute atomic E-state index is 0.00486. The van der Waals surface area contributed by atoms with Crippen molar-refractivity contribution in [3.63, 3.8) is 0 Å². The van der Waals surface area contributed by atoms with Gasteiger partial charge in [-0.2, -0.15) is 0 Å². The summed E-state index contributed by atoms with van der Waals surface area (Å²) < 4.78 is 37.2. The van der Waals surface area contributed by atoms with E-state index in [9.17, 15) is 115 Å². The monoisotopic (exact) mass is 2090 g/mol. The van der Waals surface area contributed by atoms with Gasteiger partial charge in [0, 0.05) is 227 Å². The SMILES string of the molecule is CC(NC(=O)C=CC(=O)O)N1CCCCCC1=O.CC(OC(=O)C=CC(=O)O)N1CCCCCC1=O.COC(=O)C=CC(=O)NC(C)N1CCCCCC1=O.COC(=O)C=CC(=O)NCCN1CCCCCC1=O.COC(=O)C=CC(=O)OC(C)N1CCCCCC1=O.COC(=O)C=CC(=O)OCCN1CCCCCC1=O.O=C(O)C=CC(=O)NCCN1CCCCCC1=O.O=C(O)C=CC(=O)OCCN1CCCCCC1=O. The molecule has 148 heavy (non-hydrogen) atoms. The third-order valence-corrected chi connectivity index (χ3v) is 22.5. The zero-order valence-electron chi connectivity index (χ0n) is 85.9. The summed E-state index contributed by atoms with van der Waals surface area (Å²) in [6.07, 6.45) is 40.3. The Morgan fingerprint density at radius 2 is 0.459 bits per heavy atom. The predicted octanol–water partition coefficient (Wildman–Crippen LogP) is 4.61. The standard InChI is InChI=1S/2C13H20N2O4.2C13H19NO5.2C12H18N2O4.2C12H17NO5/c1-10(14-11(16)7-8-13(18)19-2)15-9-5-3-4-6-12(15)17;1-19-13(18)7-6-11(16)14-8-10-15-9-4-2-3-5-12(15)17;1-10(14-9-5-3-4-6-11(14)15)19-13(17)8-7-12(16)18-2;1-18-12(16)6-7-13(17)19-10-9-14-8-4-2-3-5-11(14)15;1-9(13-10(15)6-7-12(17)18)14-8-4-2-3-5-11(14)16;15-10(5-6-12(17)18)13-7-9-14-8-3-1-2-4-11(14)16;1-9(18-12(17)7-6-11(15)16)13-8-4-2-3-5-10(13)14;14-10-4-2-1-3-7-13(10)8-9-18-12(17)6-5-11(15)16/h7-8,10H,3-6,9H2,1-2H3,(H,14,16);6-7H,2-5,8-10H2,1H3,(H,14,16);7-8,10H,3-6,9H2,1-2H3;6-7H,2-5,8-10H2,1H3;6-7,9H,2-5,8H2,1H3,(H,13,15)(H,17,18);5-6H,1-4,7-9H2,(H,13,15)(H,17,18);6-7,9H,2-5,8H2,1H3,(H,15,16);5-6H,1-4,7-9H2,(H,15,16). The molecule has 48 heteroatoms. The number of aliphatic carboxylic acids is 4. The lowest BCUT2D eigenvalue weighted by Crippen LogP contribution is -2.48. The van der Waals surface area contributed by atoms with Crippen LogP contribution in [0.4, 0.5) is 0 Å². The molecule has 8 heterocycles. The molecule has 8 N–H and O–H groups in total. The van der Waals surface area contributed by atoms with Crippen LogP contribution in [0.3, 0.4) is 0 Å². The van der Waals surface area contributed by atoms with Crippen LogP contribution in [0.2, 0.25) is 0 Å². The molecule has 4 atom stereocenters. The Morgan fingerprint density at radius 1 is 0.250 bits per heavy atom. The molecule has 8 saturated heterocycles. The number of hydrogen-bond acceptors (Lipinski definition) is 32. The Hall–Kier alpha value is -14.8. The molecule has 48 nitrogen and oxygen atoms in total. The van der Waals surface area contributed by atoms with Crippen molar-refractivity contribution in [3.05, 3.63) is 97.2 Å². The number of amides is 12. The molecule has 824 valence electrons. The Bertz CT molecular complexity index is 4320. The number of nitrogens with zero attached hydrogens (tertiary/aromatic N) is 8. The largest absolute Gasteiger partial charge is 0.478 e. The van der Waals surface area contributed by atoms with Gasteiger partial charge >= 0.3 is 71.6 Å². The van der Waals surface area contributed by atoms with Crippen LogP contribution in [-0.4, -0.2) is 360 Å². The number of carbonyl (C=O) groups is 24. The van der Waals surface area contributed by atoms with Gasteiger partial charge in [-0.25, -0.2) is 57.5 Å². The maximum Gasteiger partial charge on any atom is 0.332 e. The highest BCUT2D eigenvalue weighted by molar-refractivity contribution is 5.98. The molecule has 8 rings (SSSR count). The molecule has 8 aliphatic heterocycles. The molecule has 0 radical (unpaired) electrons. The number of ether oxygens (including phenoxy) is 8. The molecule has 0 bridgehead atoms. The maximum absolute atomic E-state index is 11.8. The molecule has 0 saturated carbocycles. The van der Waals surface area contributed by atoms with Gasteiger partial charge in [0.15, 0.2) is 12.5 Å². The van der Waals surface area contributed by atoms with E-state index in [0.717, 1.165) is 258 Å². The first-order chi connectivity index (χ1) is 70.5. The summed E-state index contributed by atoms with van der Waals surface area (Å²) in [5, 5.41) is 43.8. The number of carbonyl (C=O) groups excluding carboxylic acids is 20. The lowest BCUT2D eigenvalue weighted by atomic mass is 10.2. The van der Waals surface area contributed by atoms with Crippen LogP contribution >= 0.6 is 0 Å². The van der Waals surface area contributed by atoms with E-state index in [1.165, 1.54) is 33.3 Å². The van der Waals surface area contributed by atoms with E-state index in [-0.39, 0.29) is 72.5 Å². The van der Waals surface area contributed by atoms with Crippen LogP contribution in [0.5, 0.6) is 0 Å². The third kappa shape index (κ3) is 64.8. The lowest BCUT2D eigenvalue weighted by Gasteiger charge is -2.28. The number of methoxy groups -OCH3 is 4. The van der Waals surface area contributed by atoms with E-state index >= 15 is 0 Å². The summed E-state index contributed by atoms with van der Waals surface area (Å²) >= 11 is 0. The summed E-state index contributed by atoms with van der Waals surface area (Å²) in [5.74, 6) is -11.1. The molecule has 0 spiro atoms. The highest BCUT2D eigenvalue weighted by Crippen LogP contribution is 2.21. The molecule has 0 aromatic carbocycles. The van der Waals surface area contributed by atoms with Gasteiger partial charge in [0.2, 0.25) is 70.9 Å². The number of carboxylic acid groups (broad SMARTS) is 4. The predicted molar refractivity (Wildman–Crippen MR) is 527 cm³/mol. The van der Waals surface area contributed by atoms with Crippen LogP contribution in [0.15, 0.2) is 97.2 Å². The summed E-state index contributed by atoms with van der Waals surface area (Å²) in [4.78, 5) is 281. The first kappa shape index (κ1) is 131. The molecule has 8 fully saturated rings. The highest BCUT2D eigenvalue weighted by atomic mass is 16.6. The summed E-state index contributed by atoms with van der Waals surface area (Å²) in [5.41, 5.74) is 0. The van der Waals surface area contributed by atoms with Crippen molar-refractivity contribution in [1.82, 2.24) is 60.5 Å². The van der Waals surface area contributed by atoms with Crippen LogP contribution in [0.25, 0.3) is 0 Å². The number of rotatable bonds is 36. The smallest absolute Gasteiger partial charge is 0.332 e. The van der Waals surface area contributed by atoms with Gasteiger partial charge < -0.3 is 119 Å². The molecular formula is C100H148N12O36. The van der Waals surface area contributed by atoms with Crippen molar-refractivity contribution in [2.24, 2.45) is 0 Å². The van der Waals surface area contributed by atoms with E-state index in [0.29, 0.717) is 136 Å². The molecule has 0 aromatic heterocycles.